The molecule has 0 spiro atoms. The zero-order valence-corrected chi connectivity index (χ0v) is 16.8. The summed E-state index contributed by atoms with van der Waals surface area (Å²) < 4.78 is 37.8. The Morgan fingerprint density at radius 1 is 1.20 bits per heavy atom. The second kappa shape index (κ2) is 8.29. The number of esters is 1. The van der Waals surface area contributed by atoms with Crippen LogP contribution >= 0.6 is 22.6 Å². The van der Waals surface area contributed by atoms with Gasteiger partial charge in [-0.3, -0.25) is 4.55 Å². The summed E-state index contributed by atoms with van der Waals surface area (Å²) in [6.07, 6.45) is 0.951. The maximum atomic E-state index is 12.4. The number of hydrogen-bond acceptors (Lipinski definition) is 4. The third kappa shape index (κ3) is 5.02. The highest BCUT2D eigenvalue weighted by Crippen LogP contribution is 2.30. The molecule has 0 aliphatic carbocycles. The molecule has 2 rings (SSSR count). The summed E-state index contributed by atoms with van der Waals surface area (Å²) in [5.41, 5.74) is 0.850. The van der Waals surface area contributed by atoms with Gasteiger partial charge in [0, 0.05) is 3.92 Å². The van der Waals surface area contributed by atoms with Crippen molar-refractivity contribution in [1.82, 2.24) is 0 Å². The van der Waals surface area contributed by atoms with Crippen LogP contribution in [-0.2, 0) is 10.1 Å². The summed E-state index contributed by atoms with van der Waals surface area (Å²) in [6.45, 7) is 4.22. The molecule has 1 unspecified atom stereocenters. The topological polar surface area (TPSA) is 80.7 Å². The number of ether oxygens (including phenoxy) is 1. The van der Waals surface area contributed by atoms with Crippen molar-refractivity contribution in [2.75, 3.05) is 0 Å². The maximum Gasteiger partial charge on any atom is 0.344 e. The fourth-order valence-electron chi connectivity index (χ4n) is 2.66. The van der Waals surface area contributed by atoms with E-state index in [9.17, 15) is 17.8 Å². The van der Waals surface area contributed by atoms with E-state index >= 15 is 0 Å². The second-order valence-electron chi connectivity index (χ2n) is 5.63. The van der Waals surface area contributed by atoms with E-state index in [4.69, 9.17) is 4.74 Å². The van der Waals surface area contributed by atoms with Gasteiger partial charge in [-0.1, -0.05) is 60.7 Å². The Hall–Kier alpha value is -1.45. The lowest BCUT2D eigenvalue weighted by Gasteiger charge is -2.18. The van der Waals surface area contributed by atoms with Gasteiger partial charge in [0.05, 0.1) is 5.56 Å². The summed E-state index contributed by atoms with van der Waals surface area (Å²) in [5.74, 6) is -0.173. The number of carbonyl (C=O) groups is 1. The van der Waals surface area contributed by atoms with E-state index in [0.717, 1.165) is 18.1 Å². The van der Waals surface area contributed by atoms with E-state index in [1.807, 2.05) is 6.07 Å². The lowest BCUT2D eigenvalue weighted by molar-refractivity contribution is 0.0730. The van der Waals surface area contributed by atoms with Gasteiger partial charge in [-0.05, 0) is 42.2 Å². The summed E-state index contributed by atoms with van der Waals surface area (Å²) in [5, 5.41) is 0. The van der Waals surface area contributed by atoms with Crippen LogP contribution in [0.4, 0.5) is 0 Å². The van der Waals surface area contributed by atoms with Gasteiger partial charge in [0.2, 0.25) is 0 Å². The molecule has 0 saturated heterocycles. The molecular weight excluding hydrogens is 455 g/mol. The van der Waals surface area contributed by atoms with E-state index in [1.54, 1.807) is 18.2 Å². The molecule has 0 radical (unpaired) electrons. The minimum Gasteiger partial charge on any atom is -0.423 e. The molecule has 2 atom stereocenters. The maximum absolute atomic E-state index is 12.4. The highest BCUT2D eigenvalue weighted by molar-refractivity contribution is 14.1. The fraction of sp³-hybridized carbons (Fsp3) is 0.278. The van der Waals surface area contributed by atoms with Gasteiger partial charge in [-0.15, -0.1) is 0 Å². The van der Waals surface area contributed by atoms with E-state index in [0.29, 0.717) is 15.6 Å². The molecule has 0 saturated carbocycles. The van der Waals surface area contributed by atoms with Gasteiger partial charge in [-0.25, -0.2) is 4.79 Å². The molecule has 5 nitrogen and oxygen atoms in total. The van der Waals surface area contributed by atoms with Crippen LogP contribution in [0.1, 0.15) is 42.1 Å². The van der Waals surface area contributed by atoms with E-state index in [1.165, 1.54) is 18.2 Å². The van der Waals surface area contributed by atoms with Gasteiger partial charge in [0.15, 0.2) is 0 Å². The molecule has 0 amide bonds. The van der Waals surface area contributed by atoms with Crippen LogP contribution in [0.3, 0.4) is 0 Å². The Morgan fingerprint density at radius 3 is 2.48 bits per heavy atom. The van der Waals surface area contributed by atoms with Crippen LogP contribution in [0.5, 0.6) is 5.75 Å². The predicted molar refractivity (Wildman–Crippen MR) is 104 cm³/mol. The van der Waals surface area contributed by atoms with Crippen molar-refractivity contribution in [3.8, 4) is 5.75 Å². The number of carbonyl (C=O) groups excluding carboxylic acids is 1. The van der Waals surface area contributed by atoms with Crippen molar-refractivity contribution in [3.05, 3.63) is 59.7 Å². The highest BCUT2D eigenvalue weighted by atomic mass is 127. The number of rotatable bonds is 6. The molecule has 134 valence electrons. The molecule has 0 aliphatic rings. The number of hydrogen-bond donors (Lipinski definition) is 1. The molecule has 2 aromatic carbocycles. The first-order valence-corrected chi connectivity index (χ1v) is 10.4. The number of benzene rings is 2. The largest absolute Gasteiger partial charge is 0.423 e. The first-order valence-electron chi connectivity index (χ1n) is 7.76. The Kier molecular flexibility index (Phi) is 6.59. The van der Waals surface area contributed by atoms with Crippen LogP contribution in [0.15, 0.2) is 53.4 Å². The van der Waals surface area contributed by atoms with Crippen molar-refractivity contribution in [1.29, 1.82) is 0 Å². The Bertz CT molecular complexity index is 861. The molecule has 0 heterocycles. The SMILES string of the molecule is CCC(c1cccc(OC(=O)c2ccccc2S(=O)(=O)O)c1)[C@H](C)I. The smallest absolute Gasteiger partial charge is 0.344 e. The van der Waals surface area contributed by atoms with E-state index < -0.39 is 21.0 Å². The van der Waals surface area contributed by atoms with Crippen molar-refractivity contribution in [2.45, 2.75) is 35.0 Å². The monoisotopic (exact) mass is 474 g/mol. The van der Waals surface area contributed by atoms with Crippen molar-refractivity contribution in [2.24, 2.45) is 0 Å². The minimum atomic E-state index is -4.51. The predicted octanol–water partition coefficient (Wildman–Crippen LogP) is 4.47. The van der Waals surface area contributed by atoms with Crippen molar-refractivity contribution < 1.29 is 22.5 Å². The number of halogens is 1. The van der Waals surface area contributed by atoms with Gasteiger partial charge in [-0.2, -0.15) is 8.42 Å². The summed E-state index contributed by atoms with van der Waals surface area (Å²) in [4.78, 5) is 11.9. The average molecular weight is 474 g/mol. The lowest BCUT2D eigenvalue weighted by Crippen LogP contribution is -2.14. The summed E-state index contributed by atoms with van der Waals surface area (Å²) in [7, 11) is -4.51. The Labute approximate surface area is 161 Å². The quantitative estimate of drug-likeness (QED) is 0.220. The molecule has 0 fully saturated rings. The van der Waals surface area contributed by atoms with Crippen LogP contribution in [0, 0.1) is 0 Å². The van der Waals surface area contributed by atoms with Crippen LogP contribution in [0.25, 0.3) is 0 Å². The standard InChI is InChI=1S/C18H19IO5S/c1-3-15(12(2)19)13-7-6-8-14(11-13)24-18(20)16-9-4-5-10-17(16)25(21,22)23/h4-12,15H,3H2,1-2H3,(H,21,22,23)/t12-,15?/m0/s1. The van der Waals surface area contributed by atoms with Crippen LogP contribution in [0.2, 0.25) is 0 Å². The molecule has 1 N–H and O–H groups in total. The molecule has 0 bridgehead atoms. The molecule has 0 aromatic heterocycles. The minimum absolute atomic E-state index is 0.204. The second-order valence-corrected chi connectivity index (χ2v) is 8.98. The normalized spacial score (nSPS) is 13.9. The first kappa shape index (κ1) is 19.9. The average Bonchev–Trinajstić information content (AvgIpc) is 2.54. The van der Waals surface area contributed by atoms with Crippen molar-refractivity contribution >= 4 is 38.7 Å². The summed E-state index contributed by atoms with van der Waals surface area (Å²) in [6, 6.07) is 12.6. The number of alkyl halides is 1. The van der Waals surface area contributed by atoms with Crippen molar-refractivity contribution in [3.63, 3.8) is 0 Å². The zero-order chi connectivity index (χ0) is 18.6. The third-order valence-electron chi connectivity index (χ3n) is 3.88. The van der Waals surface area contributed by atoms with Gasteiger partial charge >= 0.3 is 5.97 Å². The Morgan fingerprint density at radius 2 is 1.88 bits per heavy atom. The Balaban J connectivity index is 2.31. The summed E-state index contributed by atoms with van der Waals surface area (Å²) >= 11 is 2.37. The van der Waals surface area contributed by atoms with E-state index in [2.05, 4.69) is 36.4 Å². The molecule has 2 aromatic rings. The molecular formula is C18H19IO5S. The van der Waals surface area contributed by atoms with E-state index in [-0.39, 0.29) is 5.56 Å². The fourth-order valence-corrected chi connectivity index (χ4v) is 4.26. The molecule has 25 heavy (non-hydrogen) atoms. The first-order chi connectivity index (χ1) is 11.7. The van der Waals surface area contributed by atoms with Gasteiger partial charge < -0.3 is 4.74 Å². The van der Waals surface area contributed by atoms with Gasteiger partial charge in [0.25, 0.3) is 10.1 Å². The van der Waals surface area contributed by atoms with Crippen LogP contribution in [-0.4, -0.2) is 22.9 Å². The third-order valence-corrected chi connectivity index (χ3v) is 5.66. The van der Waals surface area contributed by atoms with Gasteiger partial charge in [0.1, 0.15) is 10.6 Å². The molecule has 7 heteroatoms. The van der Waals surface area contributed by atoms with Crippen LogP contribution < -0.4 is 4.74 Å². The zero-order valence-electron chi connectivity index (χ0n) is 13.8. The lowest BCUT2D eigenvalue weighted by atomic mass is 9.94. The molecule has 0 aliphatic heterocycles. The highest BCUT2D eigenvalue weighted by Gasteiger charge is 2.22.